The van der Waals surface area contributed by atoms with Crippen LogP contribution in [0, 0.1) is 11.3 Å². The third-order valence-corrected chi connectivity index (χ3v) is 1.58. The van der Waals surface area contributed by atoms with E-state index >= 15 is 0 Å². The van der Waals surface area contributed by atoms with Gasteiger partial charge in [-0.1, -0.05) is 0 Å². The molecule has 0 spiro atoms. The molecule has 72 valence electrons. The molecule has 4 nitrogen and oxygen atoms in total. The van der Waals surface area contributed by atoms with Gasteiger partial charge in [0.1, 0.15) is 11.8 Å². The molecular weight excluding hydrogens is 182 g/mol. The number of carbonyl (C=O) groups is 1. The standard InChI is InChI=1S/C10H9NO3/c1-13-10(12)8-2-4-9(5-3-8)14-7-6-11/h2-5H,7H2,1H3. The van der Waals surface area contributed by atoms with Crippen molar-refractivity contribution in [3.63, 3.8) is 0 Å². The molecule has 0 radical (unpaired) electrons. The number of rotatable bonds is 3. The van der Waals surface area contributed by atoms with E-state index in [0.717, 1.165) is 0 Å². The van der Waals surface area contributed by atoms with Crippen LogP contribution in [0.2, 0.25) is 0 Å². The zero-order valence-electron chi connectivity index (χ0n) is 7.69. The average molecular weight is 191 g/mol. The van der Waals surface area contributed by atoms with E-state index < -0.39 is 5.97 Å². The molecule has 0 N–H and O–H groups in total. The summed E-state index contributed by atoms with van der Waals surface area (Å²) in [4.78, 5) is 11.0. The fourth-order valence-electron chi connectivity index (χ4n) is 0.921. The molecule has 0 bridgehead atoms. The molecule has 0 atom stereocenters. The number of nitrogens with zero attached hydrogens (tertiary/aromatic N) is 1. The number of hydrogen-bond acceptors (Lipinski definition) is 4. The zero-order chi connectivity index (χ0) is 10.4. The lowest BCUT2D eigenvalue weighted by Crippen LogP contribution is -2.01. The zero-order valence-corrected chi connectivity index (χ0v) is 7.69. The van der Waals surface area contributed by atoms with E-state index in [1.54, 1.807) is 24.3 Å². The van der Waals surface area contributed by atoms with E-state index in [1.807, 2.05) is 6.07 Å². The Morgan fingerprint density at radius 3 is 2.57 bits per heavy atom. The van der Waals surface area contributed by atoms with Crippen LogP contribution in [0.25, 0.3) is 0 Å². The maximum absolute atomic E-state index is 11.0. The average Bonchev–Trinajstić information content (AvgIpc) is 2.26. The van der Waals surface area contributed by atoms with Crippen molar-refractivity contribution >= 4 is 5.97 Å². The molecule has 0 unspecified atom stereocenters. The molecule has 1 aromatic rings. The first kappa shape index (κ1) is 10.1. The Labute approximate surface area is 81.7 Å². The molecule has 0 fully saturated rings. The van der Waals surface area contributed by atoms with Crippen LogP contribution in [0.3, 0.4) is 0 Å². The van der Waals surface area contributed by atoms with E-state index in [-0.39, 0.29) is 6.61 Å². The molecule has 0 saturated carbocycles. The van der Waals surface area contributed by atoms with Crippen LogP contribution in [0.5, 0.6) is 5.75 Å². The molecule has 0 aliphatic carbocycles. The Morgan fingerprint density at radius 2 is 2.07 bits per heavy atom. The van der Waals surface area contributed by atoms with Crippen LogP contribution in [0.15, 0.2) is 24.3 Å². The number of benzene rings is 1. The molecule has 4 heteroatoms. The molecule has 0 heterocycles. The van der Waals surface area contributed by atoms with Crippen LogP contribution in [0.1, 0.15) is 10.4 Å². The van der Waals surface area contributed by atoms with E-state index in [4.69, 9.17) is 10.00 Å². The van der Waals surface area contributed by atoms with Crippen molar-refractivity contribution in [3.05, 3.63) is 29.8 Å². The van der Waals surface area contributed by atoms with Gasteiger partial charge in [-0.2, -0.15) is 5.26 Å². The summed E-state index contributed by atoms with van der Waals surface area (Å²) < 4.78 is 9.54. The van der Waals surface area contributed by atoms with Gasteiger partial charge in [-0.3, -0.25) is 0 Å². The van der Waals surface area contributed by atoms with Gasteiger partial charge in [-0.05, 0) is 24.3 Å². The largest absolute Gasteiger partial charge is 0.479 e. The minimum Gasteiger partial charge on any atom is -0.479 e. The van der Waals surface area contributed by atoms with E-state index in [1.165, 1.54) is 7.11 Å². The quantitative estimate of drug-likeness (QED) is 0.677. The number of carbonyl (C=O) groups excluding carboxylic acids is 1. The van der Waals surface area contributed by atoms with Gasteiger partial charge in [0.25, 0.3) is 0 Å². The molecule has 0 aromatic heterocycles. The van der Waals surface area contributed by atoms with Crippen molar-refractivity contribution in [1.29, 1.82) is 5.26 Å². The monoisotopic (exact) mass is 191 g/mol. The maximum Gasteiger partial charge on any atom is 0.337 e. The van der Waals surface area contributed by atoms with Crippen LogP contribution < -0.4 is 4.74 Å². The minimum absolute atomic E-state index is 0.00241. The summed E-state index contributed by atoms with van der Waals surface area (Å²) in [5.41, 5.74) is 0.455. The van der Waals surface area contributed by atoms with Gasteiger partial charge in [0.2, 0.25) is 0 Å². The topological polar surface area (TPSA) is 59.3 Å². The number of nitriles is 1. The highest BCUT2D eigenvalue weighted by molar-refractivity contribution is 5.89. The summed E-state index contributed by atoms with van der Waals surface area (Å²) in [6.45, 7) is -0.00241. The molecule has 1 aromatic carbocycles. The minimum atomic E-state index is -0.392. The lowest BCUT2D eigenvalue weighted by Gasteiger charge is -2.02. The summed E-state index contributed by atoms with van der Waals surface area (Å²) in [5.74, 6) is 0.163. The molecule has 0 amide bonds. The second-order valence-corrected chi connectivity index (χ2v) is 2.46. The van der Waals surface area contributed by atoms with Gasteiger partial charge in [-0.25, -0.2) is 4.79 Å². The first-order chi connectivity index (χ1) is 6.77. The first-order valence-electron chi connectivity index (χ1n) is 3.96. The van der Waals surface area contributed by atoms with Gasteiger partial charge >= 0.3 is 5.97 Å². The molecule has 1 rings (SSSR count). The molecule has 0 aliphatic heterocycles. The van der Waals surface area contributed by atoms with Gasteiger partial charge < -0.3 is 9.47 Å². The summed E-state index contributed by atoms with van der Waals surface area (Å²) in [7, 11) is 1.32. The second-order valence-electron chi connectivity index (χ2n) is 2.46. The summed E-state index contributed by atoms with van der Waals surface area (Å²) >= 11 is 0. The van der Waals surface area contributed by atoms with Crippen LogP contribution in [0.4, 0.5) is 0 Å². The number of hydrogen-bond donors (Lipinski definition) is 0. The Kier molecular flexibility index (Phi) is 3.50. The normalized spacial score (nSPS) is 8.86. The maximum atomic E-state index is 11.0. The van der Waals surface area contributed by atoms with Crippen LogP contribution >= 0.6 is 0 Å². The predicted octanol–water partition coefficient (Wildman–Crippen LogP) is 1.38. The predicted molar refractivity (Wildman–Crippen MR) is 48.9 cm³/mol. The Morgan fingerprint density at radius 1 is 1.43 bits per heavy atom. The van der Waals surface area contributed by atoms with Gasteiger partial charge in [-0.15, -0.1) is 0 Å². The van der Waals surface area contributed by atoms with Crippen molar-refractivity contribution in [2.75, 3.05) is 13.7 Å². The van der Waals surface area contributed by atoms with Crippen molar-refractivity contribution in [3.8, 4) is 11.8 Å². The summed E-state index contributed by atoms with van der Waals surface area (Å²) in [6.07, 6.45) is 0. The Balaban J connectivity index is 2.69. The van der Waals surface area contributed by atoms with Gasteiger partial charge in [0.05, 0.1) is 12.7 Å². The van der Waals surface area contributed by atoms with Crippen molar-refractivity contribution in [1.82, 2.24) is 0 Å². The van der Waals surface area contributed by atoms with Gasteiger partial charge in [0, 0.05) is 0 Å². The Bertz CT molecular complexity index is 351. The second kappa shape index (κ2) is 4.87. The lowest BCUT2D eigenvalue weighted by molar-refractivity contribution is 0.0600. The third-order valence-electron chi connectivity index (χ3n) is 1.58. The van der Waals surface area contributed by atoms with E-state index in [9.17, 15) is 4.79 Å². The third kappa shape index (κ3) is 2.49. The summed E-state index contributed by atoms with van der Waals surface area (Å²) in [6, 6.07) is 8.24. The van der Waals surface area contributed by atoms with Crippen LogP contribution in [-0.4, -0.2) is 19.7 Å². The number of esters is 1. The van der Waals surface area contributed by atoms with Crippen molar-refractivity contribution < 1.29 is 14.3 Å². The molecule has 0 aliphatic rings. The molecule has 14 heavy (non-hydrogen) atoms. The fraction of sp³-hybridized carbons (Fsp3) is 0.200. The van der Waals surface area contributed by atoms with Crippen LogP contribution in [-0.2, 0) is 4.74 Å². The highest BCUT2D eigenvalue weighted by Gasteiger charge is 2.03. The SMILES string of the molecule is COC(=O)c1ccc(OCC#N)cc1. The number of ether oxygens (including phenoxy) is 2. The highest BCUT2D eigenvalue weighted by atomic mass is 16.5. The van der Waals surface area contributed by atoms with E-state index in [0.29, 0.717) is 11.3 Å². The smallest absolute Gasteiger partial charge is 0.337 e. The number of methoxy groups -OCH3 is 1. The highest BCUT2D eigenvalue weighted by Crippen LogP contribution is 2.12. The van der Waals surface area contributed by atoms with E-state index in [2.05, 4.69) is 4.74 Å². The molecule has 0 saturated heterocycles. The molecular formula is C10H9NO3. The van der Waals surface area contributed by atoms with Crippen molar-refractivity contribution in [2.45, 2.75) is 0 Å². The lowest BCUT2D eigenvalue weighted by atomic mass is 10.2. The van der Waals surface area contributed by atoms with Gasteiger partial charge in [0.15, 0.2) is 6.61 Å². The van der Waals surface area contributed by atoms with Crippen molar-refractivity contribution in [2.24, 2.45) is 0 Å². The first-order valence-corrected chi connectivity index (χ1v) is 3.96. The Hall–Kier alpha value is -2.02. The fourth-order valence-corrected chi connectivity index (χ4v) is 0.921. The summed E-state index contributed by atoms with van der Waals surface area (Å²) in [5, 5.41) is 8.26.